The molecule has 0 aromatic heterocycles. The van der Waals surface area contributed by atoms with Crippen LogP contribution in [-0.4, -0.2) is 32.1 Å². The average Bonchev–Trinajstić information content (AvgIpc) is 2.29. The van der Waals surface area contributed by atoms with Crippen LogP contribution in [0.25, 0.3) is 0 Å². The number of hydrogen-bond donors (Lipinski definition) is 1. The van der Waals surface area contributed by atoms with Gasteiger partial charge >= 0.3 is 0 Å². The molecule has 1 aromatic carbocycles. The van der Waals surface area contributed by atoms with E-state index >= 15 is 0 Å². The molecule has 0 aliphatic carbocycles. The van der Waals surface area contributed by atoms with E-state index in [-0.39, 0.29) is 0 Å². The highest BCUT2D eigenvalue weighted by atomic mass is 15.0. The molecular weight excluding hydrogens is 208 g/mol. The van der Waals surface area contributed by atoms with Crippen LogP contribution < -0.4 is 5.32 Å². The van der Waals surface area contributed by atoms with E-state index in [0.717, 1.165) is 19.6 Å². The van der Waals surface area contributed by atoms with Crippen LogP contribution in [0.1, 0.15) is 37.3 Å². The lowest BCUT2D eigenvalue weighted by Crippen LogP contribution is -2.20. The van der Waals surface area contributed by atoms with Crippen LogP contribution in [0.15, 0.2) is 24.3 Å². The maximum absolute atomic E-state index is 3.47. The van der Waals surface area contributed by atoms with Gasteiger partial charge in [0.05, 0.1) is 0 Å². The van der Waals surface area contributed by atoms with Crippen LogP contribution in [0.4, 0.5) is 0 Å². The number of hydrogen-bond acceptors (Lipinski definition) is 2. The lowest BCUT2D eigenvalue weighted by Gasteiger charge is -2.14. The molecule has 0 saturated heterocycles. The maximum Gasteiger partial charge on any atom is 0.0227 e. The van der Waals surface area contributed by atoms with E-state index in [4.69, 9.17) is 0 Å². The summed E-state index contributed by atoms with van der Waals surface area (Å²) in [7, 11) is 4.20. The van der Waals surface area contributed by atoms with E-state index in [1.54, 1.807) is 0 Å². The molecule has 0 heterocycles. The molecule has 0 fully saturated rings. The van der Waals surface area contributed by atoms with Crippen molar-refractivity contribution in [2.45, 2.75) is 32.7 Å². The van der Waals surface area contributed by atoms with Gasteiger partial charge in [0.15, 0.2) is 0 Å². The van der Waals surface area contributed by atoms with Crippen molar-refractivity contribution in [2.75, 3.05) is 27.2 Å². The van der Waals surface area contributed by atoms with Crippen molar-refractivity contribution in [3.8, 4) is 0 Å². The second kappa shape index (κ2) is 7.46. The SMILES string of the molecule is CCCNCC(C)c1ccc(CN(C)C)cc1. The van der Waals surface area contributed by atoms with Crippen molar-refractivity contribution in [1.82, 2.24) is 10.2 Å². The van der Waals surface area contributed by atoms with Crippen molar-refractivity contribution in [2.24, 2.45) is 0 Å². The lowest BCUT2D eigenvalue weighted by molar-refractivity contribution is 0.402. The van der Waals surface area contributed by atoms with Crippen LogP contribution in [0, 0.1) is 0 Å². The fraction of sp³-hybridized carbons (Fsp3) is 0.600. The summed E-state index contributed by atoms with van der Waals surface area (Å²) >= 11 is 0. The van der Waals surface area contributed by atoms with Crippen molar-refractivity contribution in [3.63, 3.8) is 0 Å². The van der Waals surface area contributed by atoms with Gasteiger partial charge < -0.3 is 10.2 Å². The van der Waals surface area contributed by atoms with E-state index < -0.39 is 0 Å². The molecule has 17 heavy (non-hydrogen) atoms. The zero-order chi connectivity index (χ0) is 12.7. The molecule has 0 bridgehead atoms. The first-order valence-corrected chi connectivity index (χ1v) is 6.57. The standard InChI is InChI=1S/C15H26N2/c1-5-10-16-11-13(2)15-8-6-14(7-9-15)12-17(3)4/h6-9,13,16H,5,10-12H2,1-4H3. The van der Waals surface area contributed by atoms with Gasteiger partial charge in [0, 0.05) is 13.1 Å². The molecular formula is C15H26N2. The summed E-state index contributed by atoms with van der Waals surface area (Å²) in [5.74, 6) is 0.593. The first-order chi connectivity index (χ1) is 8.13. The van der Waals surface area contributed by atoms with Crippen LogP contribution in [0.3, 0.4) is 0 Å². The normalized spacial score (nSPS) is 13.0. The summed E-state index contributed by atoms with van der Waals surface area (Å²) in [6.07, 6.45) is 1.20. The minimum atomic E-state index is 0.593. The number of benzene rings is 1. The Hall–Kier alpha value is -0.860. The lowest BCUT2D eigenvalue weighted by atomic mass is 9.99. The highest BCUT2D eigenvalue weighted by molar-refractivity contribution is 5.25. The van der Waals surface area contributed by atoms with Gasteiger partial charge in [0.1, 0.15) is 0 Å². The Bertz CT molecular complexity index is 303. The van der Waals surface area contributed by atoms with Gasteiger partial charge in [0.2, 0.25) is 0 Å². The van der Waals surface area contributed by atoms with Gasteiger partial charge in [0.25, 0.3) is 0 Å². The Labute approximate surface area is 106 Å². The maximum atomic E-state index is 3.47. The summed E-state index contributed by atoms with van der Waals surface area (Å²) in [6.45, 7) is 7.68. The predicted molar refractivity (Wildman–Crippen MR) is 75.4 cm³/mol. The Morgan fingerprint density at radius 1 is 1.18 bits per heavy atom. The van der Waals surface area contributed by atoms with Crippen LogP contribution in [-0.2, 0) is 6.54 Å². The molecule has 2 heteroatoms. The van der Waals surface area contributed by atoms with Gasteiger partial charge in [-0.3, -0.25) is 0 Å². The van der Waals surface area contributed by atoms with E-state index in [1.807, 2.05) is 0 Å². The molecule has 1 atom stereocenters. The first-order valence-electron chi connectivity index (χ1n) is 6.57. The Morgan fingerprint density at radius 2 is 1.82 bits per heavy atom. The molecule has 96 valence electrons. The third-order valence-corrected chi connectivity index (χ3v) is 2.92. The predicted octanol–water partition coefficient (Wildman–Crippen LogP) is 2.85. The summed E-state index contributed by atoms with van der Waals surface area (Å²) < 4.78 is 0. The third kappa shape index (κ3) is 5.33. The molecule has 2 nitrogen and oxygen atoms in total. The summed E-state index contributed by atoms with van der Waals surface area (Å²) in [4.78, 5) is 2.20. The molecule has 1 N–H and O–H groups in total. The first kappa shape index (κ1) is 14.2. The Morgan fingerprint density at radius 3 is 2.35 bits per heavy atom. The minimum Gasteiger partial charge on any atom is -0.316 e. The van der Waals surface area contributed by atoms with Crippen molar-refractivity contribution < 1.29 is 0 Å². The monoisotopic (exact) mass is 234 g/mol. The molecule has 0 saturated carbocycles. The number of rotatable bonds is 7. The van der Waals surface area contributed by atoms with Gasteiger partial charge in [-0.15, -0.1) is 0 Å². The number of nitrogens with zero attached hydrogens (tertiary/aromatic N) is 1. The molecule has 0 amide bonds. The molecule has 1 aromatic rings. The van der Waals surface area contributed by atoms with Gasteiger partial charge in [-0.25, -0.2) is 0 Å². The van der Waals surface area contributed by atoms with Gasteiger partial charge in [-0.2, -0.15) is 0 Å². The Balaban J connectivity index is 2.48. The van der Waals surface area contributed by atoms with Crippen molar-refractivity contribution in [1.29, 1.82) is 0 Å². The van der Waals surface area contributed by atoms with E-state index in [1.165, 1.54) is 17.5 Å². The molecule has 0 radical (unpaired) electrons. The average molecular weight is 234 g/mol. The number of nitrogens with one attached hydrogen (secondary N) is 1. The van der Waals surface area contributed by atoms with E-state index in [2.05, 4.69) is 62.4 Å². The zero-order valence-electron chi connectivity index (χ0n) is 11.7. The summed E-state index contributed by atoms with van der Waals surface area (Å²) in [5, 5.41) is 3.47. The van der Waals surface area contributed by atoms with Crippen molar-refractivity contribution >= 4 is 0 Å². The van der Waals surface area contributed by atoms with Gasteiger partial charge in [-0.1, -0.05) is 38.1 Å². The quantitative estimate of drug-likeness (QED) is 0.730. The molecule has 0 aliphatic rings. The summed E-state index contributed by atoms with van der Waals surface area (Å²) in [5.41, 5.74) is 2.81. The van der Waals surface area contributed by atoms with Crippen LogP contribution in [0.2, 0.25) is 0 Å². The second-order valence-electron chi connectivity index (χ2n) is 5.08. The van der Waals surface area contributed by atoms with E-state index in [0.29, 0.717) is 5.92 Å². The largest absolute Gasteiger partial charge is 0.316 e. The van der Waals surface area contributed by atoms with Gasteiger partial charge in [-0.05, 0) is 44.1 Å². The van der Waals surface area contributed by atoms with Crippen LogP contribution in [0.5, 0.6) is 0 Å². The highest BCUT2D eigenvalue weighted by Crippen LogP contribution is 2.15. The second-order valence-corrected chi connectivity index (χ2v) is 5.08. The molecule has 0 spiro atoms. The summed E-state index contributed by atoms with van der Waals surface area (Å²) in [6, 6.07) is 9.01. The Kier molecular flexibility index (Phi) is 6.23. The topological polar surface area (TPSA) is 15.3 Å². The molecule has 0 aliphatic heterocycles. The fourth-order valence-corrected chi connectivity index (χ4v) is 1.93. The molecule has 1 rings (SSSR count). The fourth-order valence-electron chi connectivity index (χ4n) is 1.93. The smallest absolute Gasteiger partial charge is 0.0227 e. The van der Waals surface area contributed by atoms with Crippen molar-refractivity contribution in [3.05, 3.63) is 35.4 Å². The zero-order valence-corrected chi connectivity index (χ0v) is 11.7. The van der Waals surface area contributed by atoms with E-state index in [9.17, 15) is 0 Å². The van der Waals surface area contributed by atoms with Crippen LogP contribution >= 0.6 is 0 Å². The molecule has 1 unspecified atom stereocenters. The third-order valence-electron chi connectivity index (χ3n) is 2.92. The highest BCUT2D eigenvalue weighted by Gasteiger charge is 2.04. The minimum absolute atomic E-state index is 0.593.